The first-order valence-electron chi connectivity index (χ1n) is 5.74. The van der Waals surface area contributed by atoms with Crippen LogP contribution in [-0.2, 0) is 6.42 Å². The lowest BCUT2D eigenvalue weighted by atomic mass is 10.1. The van der Waals surface area contributed by atoms with E-state index in [0.29, 0.717) is 24.6 Å². The third-order valence-corrected chi connectivity index (χ3v) is 2.86. The highest BCUT2D eigenvalue weighted by atomic mass is 16.4. The van der Waals surface area contributed by atoms with Gasteiger partial charge in [0.1, 0.15) is 5.75 Å². The first-order valence-corrected chi connectivity index (χ1v) is 5.74. The van der Waals surface area contributed by atoms with Crippen LogP contribution in [0.15, 0.2) is 35.0 Å². The summed E-state index contributed by atoms with van der Waals surface area (Å²) in [4.78, 5) is 7.25. The van der Waals surface area contributed by atoms with Crippen LogP contribution in [0.25, 0.3) is 22.2 Å². The SMILES string of the molecule is NCCc1ncc(-c2c[nH]c3cccc(O)c23)o1. The van der Waals surface area contributed by atoms with E-state index in [0.717, 1.165) is 16.5 Å². The third kappa shape index (κ3) is 1.65. The summed E-state index contributed by atoms with van der Waals surface area (Å²) < 4.78 is 5.61. The van der Waals surface area contributed by atoms with Gasteiger partial charge in [0.25, 0.3) is 0 Å². The lowest BCUT2D eigenvalue weighted by molar-refractivity contribution is 0.481. The number of H-pyrrole nitrogens is 1. The number of hydrogen-bond donors (Lipinski definition) is 3. The first kappa shape index (κ1) is 10.9. The van der Waals surface area contributed by atoms with Crippen molar-refractivity contribution in [2.75, 3.05) is 6.54 Å². The molecule has 0 unspecified atom stereocenters. The number of phenols is 1. The van der Waals surface area contributed by atoms with Crippen molar-refractivity contribution in [2.45, 2.75) is 6.42 Å². The molecule has 4 N–H and O–H groups in total. The Morgan fingerprint density at radius 2 is 2.28 bits per heavy atom. The second-order valence-electron chi connectivity index (χ2n) is 4.06. The number of rotatable bonds is 3. The van der Waals surface area contributed by atoms with Gasteiger partial charge in [-0.25, -0.2) is 4.98 Å². The smallest absolute Gasteiger partial charge is 0.196 e. The highest BCUT2D eigenvalue weighted by Gasteiger charge is 2.13. The van der Waals surface area contributed by atoms with Gasteiger partial charge in [0.2, 0.25) is 0 Å². The molecule has 0 aliphatic rings. The number of nitrogens with one attached hydrogen (secondary N) is 1. The molecule has 2 heterocycles. The average Bonchev–Trinajstić information content (AvgIpc) is 2.96. The van der Waals surface area contributed by atoms with Crippen molar-refractivity contribution in [2.24, 2.45) is 5.73 Å². The number of benzene rings is 1. The van der Waals surface area contributed by atoms with Crippen molar-refractivity contribution in [1.82, 2.24) is 9.97 Å². The van der Waals surface area contributed by atoms with Crippen LogP contribution in [0.5, 0.6) is 5.75 Å². The van der Waals surface area contributed by atoms with Gasteiger partial charge in [-0.15, -0.1) is 0 Å². The van der Waals surface area contributed by atoms with Gasteiger partial charge in [0.05, 0.1) is 11.6 Å². The lowest BCUT2D eigenvalue weighted by Crippen LogP contribution is -2.02. The predicted molar refractivity (Wildman–Crippen MR) is 68.2 cm³/mol. The Balaban J connectivity index is 2.13. The Bertz CT molecular complexity index is 684. The normalized spacial score (nSPS) is 11.2. The number of oxazole rings is 1. The van der Waals surface area contributed by atoms with Crippen LogP contribution >= 0.6 is 0 Å². The van der Waals surface area contributed by atoms with E-state index in [1.807, 2.05) is 6.07 Å². The Labute approximate surface area is 103 Å². The van der Waals surface area contributed by atoms with Crippen LogP contribution in [0.3, 0.4) is 0 Å². The van der Waals surface area contributed by atoms with E-state index in [9.17, 15) is 5.11 Å². The number of aromatic hydroxyl groups is 1. The Morgan fingerprint density at radius 1 is 1.39 bits per heavy atom. The van der Waals surface area contributed by atoms with E-state index in [4.69, 9.17) is 10.2 Å². The van der Waals surface area contributed by atoms with Gasteiger partial charge in [0.15, 0.2) is 11.7 Å². The summed E-state index contributed by atoms with van der Waals surface area (Å²) in [7, 11) is 0. The van der Waals surface area contributed by atoms with Crippen molar-refractivity contribution in [3.05, 3.63) is 36.5 Å². The molecule has 92 valence electrons. The monoisotopic (exact) mass is 243 g/mol. The molecule has 0 saturated carbocycles. The fourth-order valence-electron chi connectivity index (χ4n) is 2.03. The number of nitrogens with two attached hydrogens (primary N) is 1. The van der Waals surface area contributed by atoms with Gasteiger partial charge in [-0.1, -0.05) is 6.07 Å². The van der Waals surface area contributed by atoms with E-state index in [-0.39, 0.29) is 5.75 Å². The fraction of sp³-hybridized carbons (Fsp3) is 0.154. The maximum atomic E-state index is 9.91. The molecule has 3 aromatic rings. The van der Waals surface area contributed by atoms with Gasteiger partial charge in [-0.3, -0.25) is 0 Å². The fourth-order valence-corrected chi connectivity index (χ4v) is 2.03. The zero-order chi connectivity index (χ0) is 12.5. The molecule has 18 heavy (non-hydrogen) atoms. The lowest BCUT2D eigenvalue weighted by Gasteiger charge is -1.97. The minimum absolute atomic E-state index is 0.223. The molecule has 1 aromatic carbocycles. The quantitative estimate of drug-likeness (QED) is 0.656. The zero-order valence-electron chi connectivity index (χ0n) is 9.68. The minimum Gasteiger partial charge on any atom is -0.507 e. The van der Waals surface area contributed by atoms with Crippen LogP contribution in [0.1, 0.15) is 5.89 Å². The number of fused-ring (bicyclic) bond motifs is 1. The largest absolute Gasteiger partial charge is 0.507 e. The van der Waals surface area contributed by atoms with Crippen molar-refractivity contribution >= 4 is 10.9 Å². The second kappa shape index (κ2) is 4.19. The molecule has 0 amide bonds. The highest BCUT2D eigenvalue weighted by Crippen LogP contribution is 2.34. The molecule has 0 fully saturated rings. The second-order valence-corrected chi connectivity index (χ2v) is 4.06. The Kier molecular flexibility index (Phi) is 2.53. The third-order valence-electron chi connectivity index (χ3n) is 2.86. The molecule has 3 rings (SSSR count). The number of phenolic OH excluding ortho intramolecular Hbond substituents is 1. The van der Waals surface area contributed by atoms with E-state index >= 15 is 0 Å². The minimum atomic E-state index is 0.223. The molecule has 5 nitrogen and oxygen atoms in total. The van der Waals surface area contributed by atoms with Gasteiger partial charge < -0.3 is 20.2 Å². The van der Waals surface area contributed by atoms with Crippen LogP contribution in [-0.4, -0.2) is 21.6 Å². The molecule has 0 atom stereocenters. The summed E-state index contributed by atoms with van der Waals surface area (Å²) >= 11 is 0. The maximum absolute atomic E-state index is 9.91. The van der Waals surface area contributed by atoms with Crippen LogP contribution in [0, 0.1) is 0 Å². The molecular formula is C13H13N3O2. The summed E-state index contributed by atoms with van der Waals surface area (Å²) in [5.74, 6) is 1.46. The summed E-state index contributed by atoms with van der Waals surface area (Å²) in [5, 5.41) is 10.7. The van der Waals surface area contributed by atoms with Gasteiger partial charge in [-0.2, -0.15) is 0 Å². The van der Waals surface area contributed by atoms with E-state index in [1.54, 1.807) is 24.5 Å². The molecule has 0 saturated heterocycles. The summed E-state index contributed by atoms with van der Waals surface area (Å²) in [5.41, 5.74) is 7.12. The molecule has 0 spiro atoms. The molecule has 5 heteroatoms. The van der Waals surface area contributed by atoms with Crippen molar-refractivity contribution < 1.29 is 9.52 Å². The molecule has 0 bridgehead atoms. The number of aromatic nitrogens is 2. The van der Waals surface area contributed by atoms with Gasteiger partial charge in [0, 0.05) is 30.2 Å². The van der Waals surface area contributed by atoms with E-state index in [2.05, 4.69) is 9.97 Å². The average molecular weight is 243 g/mol. The maximum Gasteiger partial charge on any atom is 0.196 e. The number of aromatic amines is 1. The van der Waals surface area contributed by atoms with Crippen LogP contribution in [0.2, 0.25) is 0 Å². The summed E-state index contributed by atoms with van der Waals surface area (Å²) in [6.07, 6.45) is 4.06. The molecule has 0 aliphatic heterocycles. The predicted octanol–water partition coefficient (Wildman–Crippen LogP) is 2.03. The van der Waals surface area contributed by atoms with Crippen LogP contribution in [0.4, 0.5) is 0 Å². The zero-order valence-corrected chi connectivity index (χ0v) is 9.68. The van der Waals surface area contributed by atoms with Crippen LogP contribution < -0.4 is 5.73 Å². The van der Waals surface area contributed by atoms with E-state index in [1.165, 1.54) is 0 Å². The Hall–Kier alpha value is -2.27. The molecule has 2 aromatic heterocycles. The van der Waals surface area contributed by atoms with E-state index < -0.39 is 0 Å². The van der Waals surface area contributed by atoms with Crippen molar-refractivity contribution in [3.8, 4) is 17.1 Å². The molecular weight excluding hydrogens is 230 g/mol. The van der Waals surface area contributed by atoms with Gasteiger partial charge in [-0.05, 0) is 12.1 Å². The standard InChI is InChI=1S/C13H13N3O2/c14-5-4-12-16-7-11(18-12)8-6-15-9-2-1-3-10(17)13(8)9/h1-3,6-7,15,17H,4-5,14H2. The van der Waals surface area contributed by atoms with Crippen molar-refractivity contribution in [1.29, 1.82) is 0 Å². The summed E-state index contributed by atoms with van der Waals surface area (Å²) in [6.45, 7) is 0.499. The summed E-state index contributed by atoms with van der Waals surface area (Å²) in [6, 6.07) is 5.34. The first-order chi connectivity index (χ1) is 8.79. The molecule has 0 aliphatic carbocycles. The number of nitrogens with zero attached hydrogens (tertiary/aromatic N) is 1. The topological polar surface area (TPSA) is 88.1 Å². The van der Waals surface area contributed by atoms with Crippen molar-refractivity contribution in [3.63, 3.8) is 0 Å². The molecule has 0 radical (unpaired) electrons. The highest BCUT2D eigenvalue weighted by molar-refractivity contribution is 5.98. The number of hydrogen-bond acceptors (Lipinski definition) is 4. The van der Waals surface area contributed by atoms with Gasteiger partial charge >= 0.3 is 0 Å². The Morgan fingerprint density at radius 3 is 3.11 bits per heavy atom.